The number of carboxylic acids is 1. The first kappa shape index (κ1) is 30.6. The molecule has 2 saturated heterocycles. The van der Waals surface area contributed by atoms with E-state index in [1.54, 1.807) is 5.38 Å². The van der Waals surface area contributed by atoms with Crippen LogP contribution in [0.15, 0.2) is 41.9 Å². The summed E-state index contributed by atoms with van der Waals surface area (Å²) in [6.07, 6.45) is 2.97. The molecule has 0 bridgehead atoms. The molecule has 42 heavy (non-hydrogen) atoms. The highest BCUT2D eigenvalue weighted by Gasteiger charge is 2.50. The van der Waals surface area contributed by atoms with Gasteiger partial charge in [-0.2, -0.15) is 0 Å². The summed E-state index contributed by atoms with van der Waals surface area (Å²) in [5.74, 6) is -3.18. The number of piperazine rings is 1. The summed E-state index contributed by atoms with van der Waals surface area (Å²) < 4.78 is 0. The normalized spacial score (nSPS) is 20.5. The van der Waals surface area contributed by atoms with E-state index < -0.39 is 48.4 Å². The monoisotopic (exact) mass is 597 g/mol. The number of benzene rings is 1. The second-order valence-corrected chi connectivity index (χ2v) is 11.3. The fraction of sp³-hybridized carbons (Fsp3) is 0.464. The zero-order valence-corrected chi connectivity index (χ0v) is 23.8. The number of Topliss-reactive ketones (excluding diaryl/α,β-unsaturated/α-hetero) is 1. The highest BCUT2D eigenvalue weighted by atomic mass is 32.1. The molecule has 3 amide bonds. The zero-order chi connectivity index (χ0) is 30.2. The molecule has 2 fully saturated rings. The van der Waals surface area contributed by atoms with Gasteiger partial charge in [-0.05, 0) is 37.7 Å². The van der Waals surface area contributed by atoms with E-state index in [-0.39, 0.29) is 42.0 Å². The molecule has 1 aromatic heterocycles. The lowest BCUT2D eigenvalue weighted by Crippen LogP contribution is -2.65. The van der Waals surface area contributed by atoms with Crippen molar-refractivity contribution in [3.8, 4) is 0 Å². The van der Waals surface area contributed by atoms with Crippen molar-refractivity contribution >= 4 is 46.8 Å². The first-order chi connectivity index (χ1) is 20.2. The number of rotatable bonds is 13. The summed E-state index contributed by atoms with van der Waals surface area (Å²) in [5, 5.41) is 24.2. The standard InChI is InChI=1S/C28H35N7O6S/c29-28(30)32-12-4-7-19(24(39)26-31-13-14-42-26)33-25(40)20-10-9-18-16-34(21(15-23(37)38)27(41)35(18)20)22(36)11-8-17-5-2-1-3-6-17/h1-3,5-6,13-14,18-21H,4,7-12,15-16H2,(H,33,40)(H,37,38)(H4,29,30,32). The number of amides is 3. The summed E-state index contributed by atoms with van der Waals surface area (Å²) >= 11 is 1.15. The largest absolute Gasteiger partial charge is 0.481 e. The Kier molecular flexibility index (Phi) is 10.2. The van der Waals surface area contributed by atoms with Gasteiger partial charge in [-0.15, -0.1) is 11.3 Å². The molecule has 0 saturated carbocycles. The molecule has 13 nitrogen and oxygen atoms in total. The molecule has 2 aromatic rings. The van der Waals surface area contributed by atoms with Crippen LogP contribution in [0.2, 0.25) is 0 Å². The molecule has 4 atom stereocenters. The number of hydrogen-bond acceptors (Lipinski definition) is 8. The molecule has 3 heterocycles. The molecule has 6 N–H and O–H groups in total. The smallest absolute Gasteiger partial charge is 0.305 e. The molecule has 4 unspecified atom stereocenters. The lowest BCUT2D eigenvalue weighted by Gasteiger charge is -2.44. The molecule has 14 heteroatoms. The predicted octanol–water partition coefficient (Wildman–Crippen LogP) is 0.752. The van der Waals surface area contributed by atoms with Crippen LogP contribution in [-0.2, 0) is 25.6 Å². The predicted molar refractivity (Wildman–Crippen MR) is 154 cm³/mol. The zero-order valence-electron chi connectivity index (χ0n) is 23.0. The number of fused-ring (bicyclic) bond motifs is 1. The van der Waals surface area contributed by atoms with E-state index in [1.807, 2.05) is 30.3 Å². The van der Waals surface area contributed by atoms with E-state index in [0.29, 0.717) is 32.2 Å². The molecule has 2 aliphatic heterocycles. The highest BCUT2D eigenvalue weighted by molar-refractivity contribution is 7.11. The third-order valence-corrected chi connectivity index (χ3v) is 8.34. The van der Waals surface area contributed by atoms with Crippen molar-refractivity contribution in [2.24, 2.45) is 5.73 Å². The minimum atomic E-state index is -1.22. The second kappa shape index (κ2) is 14.0. The fourth-order valence-corrected chi connectivity index (χ4v) is 6.18. The second-order valence-electron chi connectivity index (χ2n) is 10.4. The molecule has 0 spiro atoms. The minimum absolute atomic E-state index is 0.128. The van der Waals surface area contributed by atoms with Crippen molar-refractivity contribution < 1.29 is 29.1 Å². The van der Waals surface area contributed by atoms with Gasteiger partial charge >= 0.3 is 5.97 Å². The van der Waals surface area contributed by atoms with Gasteiger partial charge in [0, 0.05) is 31.1 Å². The number of carboxylic acid groups (broad SMARTS) is 1. The van der Waals surface area contributed by atoms with Crippen molar-refractivity contribution in [1.82, 2.24) is 25.4 Å². The van der Waals surface area contributed by atoms with E-state index in [0.717, 1.165) is 16.9 Å². The van der Waals surface area contributed by atoms with Gasteiger partial charge < -0.3 is 31.3 Å². The number of hydrogen-bond donors (Lipinski definition) is 5. The summed E-state index contributed by atoms with van der Waals surface area (Å²) in [7, 11) is 0. The quantitative estimate of drug-likeness (QED) is 0.0957. The number of guanidine groups is 1. The maximum atomic E-state index is 13.7. The lowest BCUT2D eigenvalue weighted by molar-refractivity contribution is -0.160. The molecule has 0 aliphatic carbocycles. The molecular weight excluding hydrogens is 562 g/mol. The van der Waals surface area contributed by atoms with Crippen LogP contribution in [0.5, 0.6) is 0 Å². The Balaban J connectivity index is 1.46. The van der Waals surface area contributed by atoms with Crippen molar-refractivity contribution in [1.29, 1.82) is 5.41 Å². The van der Waals surface area contributed by atoms with Crippen LogP contribution in [0.4, 0.5) is 0 Å². The first-order valence-corrected chi connectivity index (χ1v) is 14.7. The molecular formula is C28H35N7O6S. The SMILES string of the molecule is N=C(N)NCCCC(NC(=O)C1CCC2CN(C(=O)CCc3ccccc3)C(CC(=O)O)C(=O)N21)C(=O)c1nccs1. The van der Waals surface area contributed by atoms with Crippen LogP contribution in [0.1, 0.15) is 53.9 Å². The van der Waals surface area contributed by atoms with Crippen molar-refractivity contribution in [3.63, 3.8) is 0 Å². The van der Waals surface area contributed by atoms with E-state index >= 15 is 0 Å². The lowest BCUT2D eigenvalue weighted by atomic mass is 10.0. The van der Waals surface area contributed by atoms with E-state index in [1.165, 1.54) is 16.0 Å². The molecule has 1 aromatic carbocycles. The number of aryl methyl sites for hydroxylation is 1. The van der Waals surface area contributed by atoms with Crippen LogP contribution in [-0.4, -0.2) is 92.6 Å². The summed E-state index contributed by atoms with van der Waals surface area (Å²) in [4.78, 5) is 72.1. The Morgan fingerprint density at radius 3 is 2.62 bits per heavy atom. The van der Waals surface area contributed by atoms with Gasteiger partial charge in [0.05, 0.1) is 18.5 Å². The van der Waals surface area contributed by atoms with Crippen LogP contribution in [0.3, 0.4) is 0 Å². The molecule has 224 valence electrons. The number of aromatic nitrogens is 1. The summed E-state index contributed by atoms with van der Waals surface area (Å²) in [6, 6.07) is 5.95. The number of carbonyl (C=O) groups is 5. The average molecular weight is 598 g/mol. The van der Waals surface area contributed by atoms with E-state index in [2.05, 4.69) is 15.6 Å². The first-order valence-electron chi connectivity index (χ1n) is 13.8. The Hall–Kier alpha value is -4.33. The summed E-state index contributed by atoms with van der Waals surface area (Å²) in [6.45, 7) is 0.466. The fourth-order valence-electron chi connectivity index (χ4n) is 5.55. The highest BCUT2D eigenvalue weighted by Crippen LogP contribution is 2.32. The topological polar surface area (TPSA) is 199 Å². The maximum absolute atomic E-state index is 13.7. The van der Waals surface area contributed by atoms with Crippen molar-refractivity contribution in [2.75, 3.05) is 13.1 Å². The number of thiazole rings is 1. The maximum Gasteiger partial charge on any atom is 0.305 e. The van der Waals surface area contributed by atoms with Crippen molar-refractivity contribution in [2.45, 2.75) is 69.1 Å². The van der Waals surface area contributed by atoms with Crippen LogP contribution in [0.25, 0.3) is 0 Å². The van der Waals surface area contributed by atoms with E-state index in [9.17, 15) is 29.1 Å². The Labute approximate surface area is 247 Å². The molecule has 4 rings (SSSR count). The van der Waals surface area contributed by atoms with Crippen LogP contribution >= 0.6 is 11.3 Å². The van der Waals surface area contributed by atoms with Crippen LogP contribution < -0.4 is 16.4 Å². The molecule has 2 aliphatic rings. The van der Waals surface area contributed by atoms with Gasteiger partial charge in [0.15, 0.2) is 11.0 Å². The summed E-state index contributed by atoms with van der Waals surface area (Å²) in [5.41, 5.74) is 6.29. The van der Waals surface area contributed by atoms with Gasteiger partial charge in [-0.3, -0.25) is 29.4 Å². The number of nitrogens with zero attached hydrogens (tertiary/aromatic N) is 3. The van der Waals surface area contributed by atoms with Crippen molar-refractivity contribution in [3.05, 3.63) is 52.5 Å². The van der Waals surface area contributed by atoms with Gasteiger partial charge in [0.2, 0.25) is 23.5 Å². The number of aliphatic carboxylic acids is 1. The number of carbonyl (C=O) groups excluding carboxylic acids is 4. The van der Waals surface area contributed by atoms with Gasteiger partial charge in [0.1, 0.15) is 12.1 Å². The average Bonchev–Trinajstić information content (AvgIpc) is 3.65. The van der Waals surface area contributed by atoms with Gasteiger partial charge in [-0.25, -0.2) is 4.98 Å². The minimum Gasteiger partial charge on any atom is -0.481 e. The van der Waals surface area contributed by atoms with E-state index in [4.69, 9.17) is 11.1 Å². The number of nitrogens with one attached hydrogen (secondary N) is 3. The Morgan fingerprint density at radius 2 is 1.95 bits per heavy atom. The Morgan fingerprint density at radius 1 is 1.19 bits per heavy atom. The van der Waals surface area contributed by atoms with Gasteiger partial charge in [0.25, 0.3) is 0 Å². The third-order valence-electron chi connectivity index (χ3n) is 7.55. The Bertz CT molecular complexity index is 1310. The number of ketones is 1. The van der Waals surface area contributed by atoms with Gasteiger partial charge in [-0.1, -0.05) is 30.3 Å². The van der Waals surface area contributed by atoms with Crippen LogP contribution in [0, 0.1) is 5.41 Å². The third kappa shape index (κ3) is 7.49. The number of nitrogens with two attached hydrogens (primary N) is 1. The molecule has 0 radical (unpaired) electrons.